The van der Waals surface area contributed by atoms with Crippen LogP contribution in [0.5, 0.6) is 0 Å². The van der Waals surface area contributed by atoms with Gasteiger partial charge in [0.05, 0.1) is 11.1 Å². The molecule has 4 N–H and O–H groups in total. The Morgan fingerprint density at radius 1 is 1.53 bits per heavy atom. The number of nitrogens with one attached hydrogen (secondary N) is 2. The number of hydrogen-bond donors (Lipinski definition) is 3. The predicted octanol–water partition coefficient (Wildman–Crippen LogP) is 1.29. The number of aromatic amines is 1. The minimum atomic E-state index is -0.978. The van der Waals surface area contributed by atoms with E-state index < -0.39 is 22.3 Å². The second kappa shape index (κ2) is 4.72. The van der Waals surface area contributed by atoms with Crippen LogP contribution in [0.4, 0.5) is 21.7 Å². The zero-order chi connectivity index (χ0) is 14.0. The molecule has 8 nitrogen and oxygen atoms in total. The van der Waals surface area contributed by atoms with E-state index in [0.29, 0.717) is 0 Å². The van der Waals surface area contributed by atoms with Crippen molar-refractivity contribution in [2.45, 2.75) is 0 Å². The molecule has 0 unspecified atom stereocenters. The average molecular weight is 265 g/mol. The van der Waals surface area contributed by atoms with Crippen molar-refractivity contribution in [3.05, 3.63) is 46.0 Å². The number of anilines is 2. The van der Waals surface area contributed by atoms with Crippen LogP contribution in [0.25, 0.3) is 0 Å². The van der Waals surface area contributed by atoms with Crippen molar-refractivity contribution in [2.24, 2.45) is 0 Å². The van der Waals surface area contributed by atoms with E-state index in [1.165, 1.54) is 12.3 Å². The summed E-state index contributed by atoms with van der Waals surface area (Å²) in [4.78, 5) is 27.5. The van der Waals surface area contributed by atoms with Gasteiger partial charge < -0.3 is 16.0 Å². The lowest BCUT2D eigenvalue weighted by atomic mass is 10.2. The SMILES string of the molecule is Nc1ncc(C(=O)Nc2ccc(F)c([N+](=O)[O-])c2)[nH]1. The highest BCUT2D eigenvalue weighted by molar-refractivity contribution is 6.03. The van der Waals surface area contributed by atoms with Gasteiger partial charge >= 0.3 is 5.69 Å². The Kier molecular flexibility index (Phi) is 3.10. The van der Waals surface area contributed by atoms with E-state index in [-0.39, 0.29) is 17.3 Å². The third-order valence-electron chi connectivity index (χ3n) is 2.24. The molecule has 0 aliphatic heterocycles. The van der Waals surface area contributed by atoms with Crippen molar-refractivity contribution in [3.8, 4) is 0 Å². The fourth-order valence-corrected chi connectivity index (χ4v) is 1.38. The van der Waals surface area contributed by atoms with Gasteiger partial charge in [-0.05, 0) is 12.1 Å². The zero-order valence-electron chi connectivity index (χ0n) is 9.38. The highest BCUT2D eigenvalue weighted by Gasteiger charge is 2.16. The Bertz CT molecular complexity index is 654. The molecule has 0 aliphatic carbocycles. The topological polar surface area (TPSA) is 127 Å². The molecule has 2 rings (SSSR count). The highest BCUT2D eigenvalue weighted by Crippen LogP contribution is 2.21. The quantitative estimate of drug-likeness (QED) is 0.569. The number of benzene rings is 1. The molecule has 98 valence electrons. The first-order chi connectivity index (χ1) is 8.97. The van der Waals surface area contributed by atoms with Gasteiger partial charge in [-0.25, -0.2) is 4.98 Å². The van der Waals surface area contributed by atoms with Gasteiger partial charge in [0.1, 0.15) is 5.69 Å². The maximum atomic E-state index is 13.1. The molecule has 1 amide bonds. The number of nitrogens with zero attached hydrogens (tertiary/aromatic N) is 2. The summed E-state index contributed by atoms with van der Waals surface area (Å²) in [5.74, 6) is -1.51. The summed E-state index contributed by atoms with van der Waals surface area (Å²) in [5.41, 5.74) is 4.76. The van der Waals surface area contributed by atoms with Gasteiger partial charge in [0.2, 0.25) is 5.82 Å². The molecular formula is C10H8FN5O3. The Hall–Kier alpha value is -2.97. The average Bonchev–Trinajstić information content (AvgIpc) is 2.78. The van der Waals surface area contributed by atoms with Gasteiger partial charge in [-0.3, -0.25) is 14.9 Å². The van der Waals surface area contributed by atoms with Crippen molar-refractivity contribution in [3.63, 3.8) is 0 Å². The van der Waals surface area contributed by atoms with Crippen LogP contribution in [0.2, 0.25) is 0 Å². The number of amides is 1. The molecule has 9 heteroatoms. The number of nitrogen functional groups attached to an aromatic ring is 1. The number of nitrogens with two attached hydrogens (primary N) is 1. The summed E-state index contributed by atoms with van der Waals surface area (Å²) in [7, 11) is 0. The maximum absolute atomic E-state index is 13.1. The summed E-state index contributed by atoms with van der Waals surface area (Å²) < 4.78 is 13.1. The second-order valence-corrected chi connectivity index (χ2v) is 3.56. The third-order valence-corrected chi connectivity index (χ3v) is 2.24. The minimum Gasteiger partial charge on any atom is -0.369 e. The number of hydrogen-bond acceptors (Lipinski definition) is 5. The van der Waals surface area contributed by atoms with Gasteiger partial charge in [0.25, 0.3) is 5.91 Å². The van der Waals surface area contributed by atoms with Gasteiger partial charge in [-0.2, -0.15) is 4.39 Å². The largest absolute Gasteiger partial charge is 0.369 e. The number of halogens is 1. The molecule has 0 fully saturated rings. The van der Waals surface area contributed by atoms with E-state index in [9.17, 15) is 19.3 Å². The third kappa shape index (κ3) is 2.65. The number of nitro benzene ring substituents is 1. The molecule has 0 atom stereocenters. The monoisotopic (exact) mass is 265 g/mol. The molecule has 0 spiro atoms. The first-order valence-corrected chi connectivity index (χ1v) is 5.03. The summed E-state index contributed by atoms with van der Waals surface area (Å²) in [6.07, 6.45) is 1.21. The van der Waals surface area contributed by atoms with E-state index in [1.54, 1.807) is 0 Å². The highest BCUT2D eigenvalue weighted by atomic mass is 19.1. The molecule has 0 saturated heterocycles. The Morgan fingerprint density at radius 3 is 2.84 bits per heavy atom. The normalized spacial score (nSPS) is 10.2. The fraction of sp³-hybridized carbons (Fsp3) is 0. The Morgan fingerprint density at radius 2 is 2.26 bits per heavy atom. The summed E-state index contributed by atoms with van der Waals surface area (Å²) in [5, 5.41) is 12.9. The van der Waals surface area contributed by atoms with Gasteiger partial charge in [-0.15, -0.1) is 0 Å². The minimum absolute atomic E-state index is 0.0650. The number of H-pyrrole nitrogens is 1. The first-order valence-electron chi connectivity index (χ1n) is 5.03. The molecule has 0 aliphatic rings. The van der Waals surface area contributed by atoms with E-state index in [2.05, 4.69) is 15.3 Å². The summed E-state index contributed by atoms with van der Waals surface area (Å²) in [6.45, 7) is 0. The molecule has 0 bridgehead atoms. The van der Waals surface area contributed by atoms with Crippen LogP contribution in [0, 0.1) is 15.9 Å². The molecule has 1 aromatic heterocycles. The lowest BCUT2D eigenvalue weighted by Crippen LogP contribution is -2.12. The smallest absolute Gasteiger partial charge is 0.306 e. The molecule has 0 saturated carbocycles. The van der Waals surface area contributed by atoms with Crippen molar-refractivity contribution in [2.75, 3.05) is 11.1 Å². The standard InChI is InChI=1S/C10H8FN5O3/c11-6-2-1-5(3-8(6)16(18)19)14-9(17)7-4-13-10(12)15-7/h1-4H,(H,14,17)(H3,12,13,15). The number of carbonyl (C=O) groups excluding carboxylic acids is 1. The van der Waals surface area contributed by atoms with E-state index in [0.717, 1.165) is 12.1 Å². The molecule has 19 heavy (non-hydrogen) atoms. The van der Waals surface area contributed by atoms with Gasteiger partial charge in [-0.1, -0.05) is 0 Å². The van der Waals surface area contributed by atoms with E-state index >= 15 is 0 Å². The fourth-order valence-electron chi connectivity index (χ4n) is 1.38. The van der Waals surface area contributed by atoms with E-state index in [1.807, 2.05) is 0 Å². The van der Waals surface area contributed by atoms with Crippen molar-refractivity contribution < 1.29 is 14.1 Å². The van der Waals surface area contributed by atoms with E-state index in [4.69, 9.17) is 5.73 Å². The van der Waals surface area contributed by atoms with Crippen LogP contribution < -0.4 is 11.1 Å². The number of rotatable bonds is 3. The first kappa shape index (κ1) is 12.5. The zero-order valence-corrected chi connectivity index (χ0v) is 9.38. The number of nitro groups is 1. The molecule has 1 heterocycles. The molecule has 2 aromatic rings. The maximum Gasteiger partial charge on any atom is 0.306 e. The van der Waals surface area contributed by atoms with Gasteiger partial charge in [0, 0.05) is 11.8 Å². The van der Waals surface area contributed by atoms with Crippen molar-refractivity contribution in [1.82, 2.24) is 9.97 Å². The molecule has 1 aromatic carbocycles. The lowest BCUT2D eigenvalue weighted by molar-refractivity contribution is -0.387. The van der Waals surface area contributed by atoms with Crippen LogP contribution in [0.1, 0.15) is 10.5 Å². The summed E-state index contributed by atoms with van der Waals surface area (Å²) in [6, 6.07) is 3.03. The van der Waals surface area contributed by atoms with Crippen LogP contribution in [-0.2, 0) is 0 Å². The second-order valence-electron chi connectivity index (χ2n) is 3.56. The van der Waals surface area contributed by atoms with Crippen LogP contribution >= 0.6 is 0 Å². The van der Waals surface area contributed by atoms with Crippen LogP contribution in [-0.4, -0.2) is 20.8 Å². The molecule has 0 radical (unpaired) electrons. The van der Waals surface area contributed by atoms with Crippen LogP contribution in [0.3, 0.4) is 0 Å². The number of carbonyl (C=O) groups is 1. The Balaban J connectivity index is 2.22. The summed E-state index contributed by atoms with van der Waals surface area (Å²) >= 11 is 0. The van der Waals surface area contributed by atoms with Crippen molar-refractivity contribution in [1.29, 1.82) is 0 Å². The predicted molar refractivity (Wildman–Crippen MR) is 64.0 cm³/mol. The van der Waals surface area contributed by atoms with Crippen molar-refractivity contribution >= 4 is 23.2 Å². The van der Waals surface area contributed by atoms with Gasteiger partial charge in [0.15, 0.2) is 5.95 Å². The van der Waals surface area contributed by atoms with Crippen LogP contribution in [0.15, 0.2) is 24.4 Å². The molecular weight excluding hydrogens is 257 g/mol. The number of imidazole rings is 1. The number of aromatic nitrogens is 2. The lowest BCUT2D eigenvalue weighted by Gasteiger charge is -2.03. The Labute approximate surface area is 105 Å².